The van der Waals surface area contributed by atoms with Gasteiger partial charge in [0, 0.05) is 21.9 Å². The number of hydrogen-bond acceptors (Lipinski definition) is 2. The molecule has 0 bridgehead atoms. The van der Waals surface area contributed by atoms with Gasteiger partial charge in [-0.15, -0.1) is 0 Å². The molecule has 1 aliphatic heterocycles. The van der Waals surface area contributed by atoms with Crippen LogP contribution >= 0.6 is 15.9 Å². The zero-order chi connectivity index (χ0) is 14.3. The number of rotatable bonds is 2. The second-order valence-corrected chi connectivity index (χ2v) is 6.29. The van der Waals surface area contributed by atoms with Gasteiger partial charge in [0.2, 0.25) is 0 Å². The maximum Gasteiger partial charge on any atom is 0.0772 e. The quantitative estimate of drug-likeness (QED) is 0.870. The third-order valence-electron chi connectivity index (χ3n) is 3.92. The standard InChI is InChI=1S/C17H18BrNO/c1-11-9-13-5-3-4-6-17(13)19(11)14-7-8-15(12(2)20)16(18)10-14/h3-8,10-12,20H,9H2,1-2H3/t11?,12-/m1/s1. The summed E-state index contributed by atoms with van der Waals surface area (Å²) in [4.78, 5) is 2.37. The molecule has 2 nitrogen and oxygen atoms in total. The lowest BCUT2D eigenvalue weighted by atomic mass is 10.1. The van der Waals surface area contributed by atoms with Crippen LogP contribution in [0.3, 0.4) is 0 Å². The van der Waals surface area contributed by atoms with Crippen LogP contribution in [0.2, 0.25) is 0 Å². The summed E-state index contributed by atoms with van der Waals surface area (Å²) in [5.41, 5.74) is 4.78. The van der Waals surface area contributed by atoms with Crippen molar-refractivity contribution in [2.75, 3.05) is 4.90 Å². The fourth-order valence-corrected chi connectivity index (χ4v) is 3.66. The number of benzene rings is 2. The lowest BCUT2D eigenvalue weighted by molar-refractivity contribution is 0.198. The van der Waals surface area contributed by atoms with Gasteiger partial charge >= 0.3 is 0 Å². The van der Waals surface area contributed by atoms with Crippen molar-refractivity contribution in [3.8, 4) is 0 Å². The highest BCUT2D eigenvalue weighted by atomic mass is 79.9. The second kappa shape index (κ2) is 5.23. The van der Waals surface area contributed by atoms with Crippen LogP contribution in [0.1, 0.15) is 31.1 Å². The number of hydrogen-bond donors (Lipinski definition) is 1. The molecule has 104 valence electrons. The van der Waals surface area contributed by atoms with Crippen molar-refractivity contribution < 1.29 is 5.11 Å². The van der Waals surface area contributed by atoms with E-state index in [4.69, 9.17) is 0 Å². The summed E-state index contributed by atoms with van der Waals surface area (Å²) in [6.45, 7) is 4.03. The molecule has 1 aliphatic rings. The Kier molecular flexibility index (Phi) is 3.57. The van der Waals surface area contributed by atoms with E-state index in [1.54, 1.807) is 6.92 Å². The van der Waals surface area contributed by atoms with Crippen molar-refractivity contribution in [2.24, 2.45) is 0 Å². The summed E-state index contributed by atoms with van der Waals surface area (Å²) in [6.07, 6.45) is 0.619. The van der Waals surface area contributed by atoms with Crippen molar-refractivity contribution >= 4 is 27.3 Å². The van der Waals surface area contributed by atoms with Crippen LogP contribution in [-0.2, 0) is 6.42 Å². The van der Waals surface area contributed by atoms with Gasteiger partial charge in [-0.05, 0) is 49.6 Å². The highest BCUT2D eigenvalue weighted by Crippen LogP contribution is 2.39. The number of aliphatic hydroxyl groups excluding tert-OH is 1. The average molecular weight is 332 g/mol. The van der Waals surface area contributed by atoms with Crippen molar-refractivity contribution in [2.45, 2.75) is 32.4 Å². The minimum absolute atomic E-state index is 0.455. The first-order valence-corrected chi connectivity index (χ1v) is 7.72. The monoisotopic (exact) mass is 331 g/mol. The summed E-state index contributed by atoms with van der Waals surface area (Å²) in [6, 6.07) is 15.2. The van der Waals surface area contributed by atoms with E-state index in [0.717, 1.165) is 16.5 Å². The number of halogens is 1. The number of anilines is 2. The van der Waals surface area contributed by atoms with Gasteiger partial charge in [-0.1, -0.05) is 40.2 Å². The molecule has 1 heterocycles. The van der Waals surface area contributed by atoms with Crippen molar-refractivity contribution in [1.29, 1.82) is 0 Å². The van der Waals surface area contributed by atoms with Crippen LogP contribution in [0.5, 0.6) is 0 Å². The first-order valence-electron chi connectivity index (χ1n) is 6.92. The van der Waals surface area contributed by atoms with Crippen LogP contribution in [0, 0.1) is 0 Å². The number of aliphatic hydroxyl groups is 1. The van der Waals surface area contributed by atoms with E-state index in [0.29, 0.717) is 6.04 Å². The molecule has 0 saturated heterocycles. The molecular formula is C17H18BrNO. The number of fused-ring (bicyclic) bond motifs is 1. The van der Waals surface area contributed by atoms with Crippen molar-refractivity contribution in [3.63, 3.8) is 0 Å². The normalized spacial score (nSPS) is 19.0. The fraction of sp³-hybridized carbons (Fsp3) is 0.294. The van der Waals surface area contributed by atoms with Gasteiger partial charge < -0.3 is 10.0 Å². The van der Waals surface area contributed by atoms with Crippen LogP contribution in [0.25, 0.3) is 0 Å². The molecule has 2 atom stereocenters. The smallest absolute Gasteiger partial charge is 0.0772 e. The first-order chi connectivity index (χ1) is 9.58. The molecule has 2 aromatic rings. The molecule has 2 aromatic carbocycles. The summed E-state index contributed by atoms with van der Waals surface area (Å²) in [5, 5.41) is 9.73. The van der Waals surface area contributed by atoms with E-state index in [2.05, 4.69) is 64.2 Å². The minimum atomic E-state index is -0.457. The van der Waals surface area contributed by atoms with Gasteiger partial charge in [-0.3, -0.25) is 0 Å². The SMILES string of the molecule is CC1Cc2ccccc2N1c1ccc([C@@H](C)O)c(Br)c1. The summed E-state index contributed by atoms with van der Waals surface area (Å²) in [7, 11) is 0. The van der Waals surface area contributed by atoms with Crippen molar-refractivity contribution in [1.82, 2.24) is 0 Å². The lowest BCUT2D eigenvalue weighted by Crippen LogP contribution is -2.23. The Bertz CT molecular complexity index is 639. The number of nitrogens with zero attached hydrogens (tertiary/aromatic N) is 1. The van der Waals surface area contributed by atoms with Gasteiger partial charge in [-0.25, -0.2) is 0 Å². The van der Waals surface area contributed by atoms with E-state index in [1.165, 1.54) is 16.9 Å². The summed E-state index contributed by atoms with van der Waals surface area (Å²) >= 11 is 3.57. The van der Waals surface area contributed by atoms with E-state index in [1.807, 2.05) is 6.07 Å². The highest BCUT2D eigenvalue weighted by molar-refractivity contribution is 9.10. The molecule has 0 amide bonds. The lowest BCUT2D eigenvalue weighted by Gasteiger charge is -2.26. The Balaban J connectivity index is 2.03. The molecule has 1 unspecified atom stereocenters. The van der Waals surface area contributed by atoms with Crippen LogP contribution in [0.4, 0.5) is 11.4 Å². The predicted octanol–water partition coefficient (Wildman–Crippen LogP) is 4.59. The summed E-state index contributed by atoms with van der Waals surface area (Å²) in [5.74, 6) is 0. The zero-order valence-corrected chi connectivity index (χ0v) is 13.3. The van der Waals surface area contributed by atoms with E-state index < -0.39 is 6.10 Å². The maximum atomic E-state index is 9.73. The van der Waals surface area contributed by atoms with Crippen molar-refractivity contribution in [3.05, 3.63) is 58.1 Å². The Morgan fingerprint density at radius 1 is 1.25 bits per heavy atom. The first kappa shape index (κ1) is 13.7. The predicted molar refractivity (Wildman–Crippen MR) is 86.5 cm³/mol. The maximum absolute atomic E-state index is 9.73. The Morgan fingerprint density at radius 2 is 2.00 bits per heavy atom. The molecule has 3 rings (SSSR count). The highest BCUT2D eigenvalue weighted by Gasteiger charge is 2.27. The van der Waals surface area contributed by atoms with Gasteiger partial charge in [0.25, 0.3) is 0 Å². The van der Waals surface area contributed by atoms with Gasteiger partial charge in [0.05, 0.1) is 6.10 Å². The molecule has 0 spiro atoms. The van der Waals surface area contributed by atoms with E-state index in [-0.39, 0.29) is 0 Å². The molecule has 0 saturated carbocycles. The van der Waals surface area contributed by atoms with Crippen LogP contribution < -0.4 is 4.90 Å². The van der Waals surface area contributed by atoms with Gasteiger partial charge in [0.1, 0.15) is 0 Å². The van der Waals surface area contributed by atoms with Gasteiger partial charge in [-0.2, -0.15) is 0 Å². The molecular weight excluding hydrogens is 314 g/mol. The fourth-order valence-electron chi connectivity index (χ4n) is 2.96. The van der Waals surface area contributed by atoms with Gasteiger partial charge in [0.15, 0.2) is 0 Å². The molecule has 0 fully saturated rings. The topological polar surface area (TPSA) is 23.5 Å². The van der Waals surface area contributed by atoms with Crippen LogP contribution in [0.15, 0.2) is 46.9 Å². The molecule has 20 heavy (non-hydrogen) atoms. The Hall–Kier alpha value is -1.32. The van der Waals surface area contributed by atoms with E-state index >= 15 is 0 Å². The molecule has 0 radical (unpaired) electrons. The molecule has 3 heteroatoms. The summed E-state index contributed by atoms with van der Waals surface area (Å²) < 4.78 is 0.960. The third-order valence-corrected chi connectivity index (χ3v) is 4.61. The largest absolute Gasteiger partial charge is 0.389 e. The molecule has 0 aliphatic carbocycles. The average Bonchev–Trinajstić information content (AvgIpc) is 2.73. The number of para-hydroxylation sites is 1. The Morgan fingerprint density at radius 3 is 2.70 bits per heavy atom. The Labute approximate surface area is 128 Å². The second-order valence-electron chi connectivity index (χ2n) is 5.43. The molecule has 0 aromatic heterocycles. The molecule has 1 N–H and O–H groups in total. The third kappa shape index (κ3) is 2.25. The van der Waals surface area contributed by atoms with E-state index in [9.17, 15) is 5.11 Å². The van der Waals surface area contributed by atoms with Crippen LogP contribution in [-0.4, -0.2) is 11.1 Å². The minimum Gasteiger partial charge on any atom is -0.389 e. The zero-order valence-electron chi connectivity index (χ0n) is 11.7.